The Morgan fingerprint density at radius 3 is 1.96 bits per heavy atom. The van der Waals surface area contributed by atoms with Crippen LogP contribution < -0.4 is 5.30 Å². The van der Waals surface area contributed by atoms with Crippen molar-refractivity contribution in [1.29, 1.82) is 0 Å². The van der Waals surface area contributed by atoms with E-state index in [1.807, 2.05) is 5.56 Å². The maximum atomic E-state index is 3.10. The summed E-state index contributed by atoms with van der Waals surface area (Å²) in [5.74, 6) is 0. The van der Waals surface area contributed by atoms with Gasteiger partial charge in [0, 0.05) is 0 Å². The van der Waals surface area contributed by atoms with Gasteiger partial charge in [0.25, 0.3) is 0 Å². The van der Waals surface area contributed by atoms with Crippen LogP contribution in [0.3, 0.4) is 0 Å². The zero-order valence-corrected chi connectivity index (χ0v) is 18.0. The molecule has 2 aromatic rings. The number of hydrogen-bond acceptors (Lipinski definition) is 0. The fraction of sp³-hybridized carbons (Fsp3) is 0.455. The minimum atomic E-state index is -3.11. The molecule has 0 N–H and O–H groups in total. The molecule has 3 heteroatoms. The van der Waals surface area contributed by atoms with Crippen molar-refractivity contribution in [2.45, 2.75) is 47.7 Å². The molecule has 0 saturated carbocycles. The van der Waals surface area contributed by atoms with Crippen LogP contribution in [0.5, 0.6) is 0 Å². The molecule has 25 heavy (non-hydrogen) atoms. The number of rotatable bonds is 2. The normalized spacial score (nSPS) is 84.6. The molecular formula is C22H18FeIP. The van der Waals surface area contributed by atoms with E-state index in [2.05, 4.69) is 74.3 Å². The van der Waals surface area contributed by atoms with Crippen molar-refractivity contribution < 1.29 is 6.51 Å². The molecule has 126 valence electrons. The Bertz CT molecular complexity index is 1480. The first-order valence-corrected chi connectivity index (χ1v) is 17.8. The van der Waals surface area contributed by atoms with Crippen molar-refractivity contribution in [3.05, 3.63) is 51.6 Å². The molecule has 5 unspecified atom stereocenters. The Kier molecular flexibility index (Phi) is 0.576. The standard InChI is InChI=1S/C17H13IP.C5H5.Fe/c18-15-10-4-3-8-14(15)17-13(9-5-11-16(17)19)12-6-1-2-7-12;1-2-4-5-3-1;/h1-11H,19H2;1-5H;. The molecule has 10 aliphatic heterocycles. The van der Waals surface area contributed by atoms with Crippen molar-refractivity contribution >= 4 is 37.1 Å². The second-order valence-corrected chi connectivity index (χ2v) is 38.3. The van der Waals surface area contributed by atoms with E-state index in [9.17, 15) is 0 Å². The molecule has 2 aromatic carbocycles. The third-order valence-corrected chi connectivity index (χ3v) is 61.1. The van der Waals surface area contributed by atoms with Gasteiger partial charge in [-0.3, -0.25) is 0 Å². The molecular weight excluding hydrogens is 478 g/mol. The van der Waals surface area contributed by atoms with Crippen LogP contribution in [0.4, 0.5) is 0 Å². The molecule has 0 bridgehead atoms. The van der Waals surface area contributed by atoms with Gasteiger partial charge in [-0.25, -0.2) is 0 Å². The van der Waals surface area contributed by atoms with Crippen LogP contribution in [0.25, 0.3) is 11.1 Å². The number of halogens is 1. The van der Waals surface area contributed by atoms with Gasteiger partial charge in [0.1, 0.15) is 0 Å². The maximum absolute atomic E-state index is 3.11. The molecule has 1 spiro atoms. The van der Waals surface area contributed by atoms with Crippen LogP contribution >= 0.6 is 31.8 Å². The summed E-state index contributed by atoms with van der Waals surface area (Å²) >= 11 is 2.56. The molecule has 5 atom stereocenters. The predicted molar refractivity (Wildman–Crippen MR) is 109 cm³/mol. The Balaban J connectivity index is 1.33. The average molecular weight is 496 g/mol. The first-order valence-electron chi connectivity index (χ1n) is 9.81. The molecule has 10 fully saturated rings. The van der Waals surface area contributed by atoms with Crippen molar-refractivity contribution in [2.24, 2.45) is 0 Å². The minimum absolute atomic E-state index is 0.847. The van der Waals surface area contributed by atoms with Gasteiger partial charge < -0.3 is 0 Å². The predicted octanol–water partition coefficient (Wildman–Crippen LogP) is 6.25. The van der Waals surface area contributed by atoms with E-state index in [4.69, 9.17) is 0 Å². The van der Waals surface area contributed by atoms with Crippen LogP contribution in [-0.4, -0.2) is 0 Å². The van der Waals surface area contributed by atoms with Gasteiger partial charge in [0.05, 0.1) is 0 Å². The number of benzene rings is 2. The second kappa shape index (κ2) is 1.29. The van der Waals surface area contributed by atoms with Gasteiger partial charge in [-0.1, -0.05) is 0 Å². The topological polar surface area (TPSA) is 0 Å². The number of fused-ring (bicyclic) bond motifs is 10. The summed E-state index contributed by atoms with van der Waals surface area (Å²) in [6.45, 7) is -3.11. The molecule has 10 heterocycles. The number of hydrogen-bond donors (Lipinski definition) is 0. The molecule has 10 aliphatic rings. The van der Waals surface area contributed by atoms with E-state index < -0.39 is 6.51 Å². The monoisotopic (exact) mass is 496 g/mol. The molecule has 0 nitrogen and oxygen atoms in total. The van der Waals surface area contributed by atoms with E-state index in [0.29, 0.717) is 0 Å². The van der Waals surface area contributed by atoms with Crippen LogP contribution in [0, 0.1) is 3.57 Å². The summed E-state index contributed by atoms with van der Waals surface area (Å²) in [7, 11) is 3.10. The summed E-state index contributed by atoms with van der Waals surface area (Å²) < 4.78 is 2.28. The van der Waals surface area contributed by atoms with Gasteiger partial charge in [-0.2, -0.15) is 0 Å². The summed E-state index contributed by atoms with van der Waals surface area (Å²) in [4.78, 5) is 12.5. The Morgan fingerprint density at radius 1 is 0.800 bits per heavy atom. The van der Waals surface area contributed by atoms with Crippen molar-refractivity contribution in [3.8, 4) is 11.1 Å². The third-order valence-electron chi connectivity index (χ3n) is 17.3. The van der Waals surface area contributed by atoms with Crippen molar-refractivity contribution in [3.63, 3.8) is 0 Å². The first kappa shape index (κ1) is 11.2. The third kappa shape index (κ3) is 0.192. The second-order valence-electron chi connectivity index (χ2n) is 12.9. The first-order chi connectivity index (χ1) is 12.0. The van der Waals surface area contributed by atoms with Crippen LogP contribution in [0.1, 0.15) is 5.56 Å². The van der Waals surface area contributed by atoms with E-state index in [1.54, 1.807) is 5.56 Å². The van der Waals surface area contributed by atoms with Crippen molar-refractivity contribution in [1.82, 2.24) is 0 Å². The van der Waals surface area contributed by atoms with E-state index in [1.165, 1.54) is 57.8 Å². The Morgan fingerprint density at radius 2 is 1.44 bits per heavy atom. The van der Waals surface area contributed by atoms with Gasteiger partial charge in [-0.15, -0.1) is 0 Å². The van der Waals surface area contributed by atoms with Crippen LogP contribution in [0.2, 0.25) is 43.3 Å². The molecule has 0 aliphatic carbocycles. The fourth-order valence-corrected chi connectivity index (χ4v) is 94.0. The van der Waals surface area contributed by atoms with E-state index >= 15 is 0 Å². The molecule has 0 radical (unpaired) electrons. The Hall–Kier alpha value is 0.119. The van der Waals surface area contributed by atoms with E-state index in [-0.39, 0.29) is 0 Å². The van der Waals surface area contributed by atoms with Gasteiger partial charge in [0.15, 0.2) is 0 Å². The van der Waals surface area contributed by atoms with Gasteiger partial charge in [0.2, 0.25) is 0 Å². The Labute approximate surface area is 153 Å². The molecule has 0 amide bonds. The average Bonchev–Trinajstić information content (AvgIpc) is 3.55. The quantitative estimate of drug-likeness (QED) is 0.262. The van der Waals surface area contributed by atoms with Crippen molar-refractivity contribution in [2.75, 3.05) is 0 Å². The van der Waals surface area contributed by atoms with Gasteiger partial charge >= 0.3 is 154 Å². The molecule has 10 saturated heterocycles. The summed E-state index contributed by atoms with van der Waals surface area (Å²) in [6, 6.07) is 16.5. The van der Waals surface area contributed by atoms with Crippen LogP contribution in [-0.2, 0) is 10.8 Å². The summed E-state index contributed by atoms with van der Waals surface area (Å²) in [6.07, 6.45) is 0. The van der Waals surface area contributed by atoms with Gasteiger partial charge in [-0.05, 0) is 0 Å². The summed E-state index contributed by atoms with van der Waals surface area (Å²) in [5, 5.41) is 1.46. The van der Waals surface area contributed by atoms with E-state index in [0.717, 1.165) is 4.31 Å². The zero-order chi connectivity index (χ0) is 15.8. The van der Waals surface area contributed by atoms with Crippen LogP contribution in [0.15, 0.2) is 42.5 Å². The zero-order valence-electron chi connectivity index (χ0n) is 13.5. The molecule has 0 aromatic heterocycles. The summed E-state index contributed by atoms with van der Waals surface area (Å²) in [5.41, 5.74) is 5.04. The fourth-order valence-electron chi connectivity index (χ4n) is 18.8. The molecule has 12 rings (SSSR count). The SMILES string of the molecule is Pc1cccc([C]23[CH]4[CH]5[CH]6[CH]2[Fe]56432789[CH]3[CH]2[CH]7[CH]8[CH]39)c1-c1ccccc1I.